The topological polar surface area (TPSA) is 61.7 Å². The molecule has 0 bridgehead atoms. The molecule has 7 heteroatoms. The Morgan fingerprint density at radius 1 is 1.41 bits per heavy atom. The van der Waals surface area contributed by atoms with Crippen molar-refractivity contribution in [1.29, 1.82) is 0 Å². The molecule has 0 spiro atoms. The maximum absolute atomic E-state index is 12.7. The molecule has 0 heterocycles. The Morgan fingerprint density at radius 2 is 2.15 bits per heavy atom. The third-order valence-electron chi connectivity index (χ3n) is 4.36. The summed E-state index contributed by atoms with van der Waals surface area (Å²) in [6.45, 7) is 6.63. The van der Waals surface area contributed by atoms with Gasteiger partial charge in [-0.05, 0) is 43.4 Å². The maximum Gasteiger partial charge on any atom is 1.00 e. The van der Waals surface area contributed by atoms with Crippen LogP contribution in [0.25, 0.3) is 0 Å². The van der Waals surface area contributed by atoms with Crippen molar-refractivity contribution in [3.8, 4) is 0 Å². The number of rotatable bonds is 12. The number of carbonyl (C=O) groups excluding carboxylic acids is 1. The van der Waals surface area contributed by atoms with Crippen LogP contribution >= 0.6 is 23.4 Å². The first kappa shape index (κ1) is 26.7. The second-order valence-corrected chi connectivity index (χ2v) is 8.62. The van der Waals surface area contributed by atoms with Crippen molar-refractivity contribution in [2.24, 2.45) is 11.1 Å². The average molecular weight is 408 g/mol. The molecule has 0 fully saturated rings. The average Bonchev–Trinajstić information content (AvgIpc) is 2.58. The molecule has 1 aliphatic rings. The van der Waals surface area contributed by atoms with Gasteiger partial charge in [-0.2, -0.15) is 11.8 Å². The van der Waals surface area contributed by atoms with Crippen LogP contribution in [-0.4, -0.2) is 29.1 Å². The first-order valence-corrected chi connectivity index (χ1v) is 11.0. The van der Waals surface area contributed by atoms with E-state index in [1.165, 1.54) is 5.54 Å². The van der Waals surface area contributed by atoms with Crippen LogP contribution in [0.3, 0.4) is 0 Å². The van der Waals surface area contributed by atoms with Crippen molar-refractivity contribution in [3.05, 3.63) is 22.9 Å². The van der Waals surface area contributed by atoms with Crippen LogP contribution in [0.2, 0.25) is 0 Å². The zero-order chi connectivity index (χ0) is 19.4. The predicted molar refractivity (Wildman–Crippen MR) is 109 cm³/mol. The van der Waals surface area contributed by atoms with E-state index in [4.69, 9.17) is 16.4 Å². The number of hydrogen-bond acceptors (Lipinski definition) is 5. The molecule has 0 aromatic carbocycles. The van der Waals surface area contributed by atoms with Gasteiger partial charge >= 0.3 is 18.9 Å². The molecule has 1 aliphatic carbocycles. The number of hydrogen-bond donors (Lipinski definition) is 0. The largest absolute Gasteiger partial charge is 1.00 e. The van der Waals surface area contributed by atoms with Crippen LogP contribution in [0.1, 0.15) is 65.7 Å². The fourth-order valence-electron chi connectivity index (χ4n) is 3.22. The van der Waals surface area contributed by atoms with Gasteiger partial charge in [0.05, 0.1) is 5.71 Å². The molecule has 1 rings (SSSR count). The van der Waals surface area contributed by atoms with E-state index in [-0.39, 0.29) is 48.5 Å². The van der Waals surface area contributed by atoms with Gasteiger partial charge in [0.15, 0.2) is 5.78 Å². The second-order valence-electron chi connectivity index (χ2n) is 6.65. The third-order valence-corrected chi connectivity index (χ3v) is 5.64. The van der Waals surface area contributed by atoms with E-state index in [2.05, 4.69) is 25.9 Å². The van der Waals surface area contributed by atoms with E-state index in [0.717, 1.165) is 31.4 Å². The van der Waals surface area contributed by atoms with Crippen LogP contribution < -0.4 is 24.0 Å². The molecule has 0 aliphatic heterocycles. The molecule has 0 N–H and O–H groups in total. The Bertz CT molecular complexity index is 537. The van der Waals surface area contributed by atoms with Gasteiger partial charge in [0.25, 0.3) is 0 Å². The monoisotopic (exact) mass is 407 g/mol. The number of oxime groups is 1. The molecule has 0 aromatic rings. The molecule has 2 atom stereocenters. The molecule has 0 aromatic heterocycles. The van der Waals surface area contributed by atoms with Gasteiger partial charge in [0.1, 0.15) is 6.61 Å². The summed E-state index contributed by atoms with van der Waals surface area (Å²) in [6.07, 6.45) is 6.98. The number of nitrogens with zero attached hydrogens (tertiary/aromatic N) is 1. The van der Waals surface area contributed by atoms with E-state index in [9.17, 15) is 9.90 Å². The SMILES string of the molecule is CCCCCC(=NOC/C=C/Cl)C1=C([O-])CC(CC(C)SCC)CC1=O.[Li+]. The number of allylic oxidation sites excluding steroid dienone is 2. The van der Waals surface area contributed by atoms with Crippen LogP contribution in [0.15, 0.2) is 28.1 Å². The molecule has 0 amide bonds. The van der Waals surface area contributed by atoms with Crippen molar-refractivity contribution in [3.63, 3.8) is 0 Å². The normalized spacial score (nSPS) is 19.3. The number of carbonyl (C=O) groups is 1. The summed E-state index contributed by atoms with van der Waals surface area (Å²) in [6, 6.07) is 0. The van der Waals surface area contributed by atoms with Crippen molar-refractivity contribution < 1.29 is 33.6 Å². The summed E-state index contributed by atoms with van der Waals surface area (Å²) in [7, 11) is 0. The Labute approximate surface area is 185 Å². The molecule has 2 unspecified atom stereocenters. The van der Waals surface area contributed by atoms with Crippen LogP contribution in [0, 0.1) is 5.92 Å². The van der Waals surface area contributed by atoms with Gasteiger partial charge < -0.3 is 9.94 Å². The standard InChI is InChI=1S/C20H32ClNO3S.Li/c1-4-6-7-9-17(22-25-11-8-10-21)20-18(23)13-16(14-19(20)24)12-15(3)26-5-2;/h8,10,15-16,23H,4-7,9,11-14H2,1-3H3;/q;+1/p-1/b10-8+,22-17?;. The zero-order valence-electron chi connectivity index (χ0n) is 17.1. The minimum atomic E-state index is -0.0771. The first-order valence-electron chi connectivity index (χ1n) is 9.52. The van der Waals surface area contributed by atoms with Gasteiger partial charge in [0.2, 0.25) is 0 Å². The van der Waals surface area contributed by atoms with Crippen LogP contribution in [0.4, 0.5) is 0 Å². The van der Waals surface area contributed by atoms with Gasteiger partial charge in [-0.25, -0.2) is 0 Å². The van der Waals surface area contributed by atoms with Crippen LogP contribution in [-0.2, 0) is 9.63 Å². The molecule has 0 saturated heterocycles. The van der Waals surface area contributed by atoms with Crippen LogP contribution in [0.5, 0.6) is 0 Å². The maximum atomic E-state index is 12.7. The predicted octanol–water partition coefficient (Wildman–Crippen LogP) is 1.82. The van der Waals surface area contributed by atoms with Crippen molar-refractivity contribution in [1.82, 2.24) is 0 Å². The first-order chi connectivity index (χ1) is 12.5. The second kappa shape index (κ2) is 15.6. The minimum Gasteiger partial charge on any atom is -0.875 e. The molecule has 0 saturated carbocycles. The quantitative estimate of drug-likeness (QED) is 0.214. The fraction of sp³-hybridized carbons (Fsp3) is 0.700. The molecular formula is C20H31ClLiNO3S. The van der Waals surface area contributed by atoms with Crippen molar-refractivity contribution in [2.75, 3.05) is 12.4 Å². The Kier molecular flexibility index (Phi) is 15.4. The summed E-state index contributed by atoms with van der Waals surface area (Å²) < 4.78 is 0. The molecule has 0 radical (unpaired) electrons. The number of halogens is 1. The van der Waals surface area contributed by atoms with Gasteiger partial charge in [-0.3, -0.25) is 4.79 Å². The number of ketones is 1. The number of Topliss-reactive ketones (excluding diaryl/α,β-unsaturated/α-hetero) is 1. The van der Waals surface area contributed by atoms with Crippen molar-refractivity contribution >= 4 is 34.9 Å². The smallest absolute Gasteiger partial charge is 0.875 e. The van der Waals surface area contributed by atoms with Gasteiger partial charge in [-0.1, -0.05) is 50.4 Å². The molecule has 148 valence electrons. The Balaban J connectivity index is 0.00000676. The number of unbranched alkanes of at least 4 members (excludes halogenated alkanes) is 2. The van der Waals surface area contributed by atoms with E-state index < -0.39 is 0 Å². The summed E-state index contributed by atoms with van der Waals surface area (Å²) >= 11 is 7.34. The Morgan fingerprint density at radius 3 is 2.74 bits per heavy atom. The summed E-state index contributed by atoms with van der Waals surface area (Å²) in [5.41, 5.74) is 2.13. The summed E-state index contributed by atoms with van der Waals surface area (Å²) in [5, 5.41) is 17.2. The van der Waals surface area contributed by atoms with E-state index in [1.54, 1.807) is 6.08 Å². The Hall–Kier alpha value is -0.343. The fourth-order valence-corrected chi connectivity index (χ4v) is 4.27. The van der Waals surface area contributed by atoms with Gasteiger partial charge in [0, 0.05) is 22.8 Å². The van der Waals surface area contributed by atoms with Gasteiger partial charge in [-0.15, -0.1) is 5.76 Å². The molecular weight excluding hydrogens is 377 g/mol. The van der Waals surface area contributed by atoms with E-state index in [1.807, 2.05) is 11.8 Å². The van der Waals surface area contributed by atoms with Crippen molar-refractivity contribution in [2.45, 2.75) is 71.0 Å². The van der Waals surface area contributed by atoms with E-state index in [0.29, 0.717) is 30.2 Å². The molecule has 4 nitrogen and oxygen atoms in total. The summed E-state index contributed by atoms with van der Waals surface area (Å²) in [4.78, 5) is 17.9. The minimum absolute atomic E-state index is 0. The van der Waals surface area contributed by atoms with E-state index >= 15 is 0 Å². The zero-order valence-corrected chi connectivity index (χ0v) is 18.7. The molecule has 27 heavy (non-hydrogen) atoms. The summed E-state index contributed by atoms with van der Waals surface area (Å²) in [5.74, 6) is 1.04. The number of thioether (sulfide) groups is 1. The third kappa shape index (κ3) is 10.1.